The second kappa shape index (κ2) is 8.79. The van der Waals surface area contributed by atoms with Gasteiger partial charge < -0.3 is 15.4 Å². The lowest BCUT2D eigenvalue weighted by atomic mass is 10.0. The molecule has 0 unspecified atom stereocenters. The highest BCUT2D eigenvalue weighted by Crippen LogP contribution is 2.34. The molecule has 0 bridgehead atoms. The lowest BCUT2D eigenvalue weighted by Crippen LogP contribution is -2.33. The maximum Gasteiger partial charge on any atom is 0.407 e. The molecule has 1 aliphatic carbocycles. The van der Waals surface area contributed by atoms with Gasteiger partial charge in [0.05, 0.1) is 18.5 Å². The first kappa shape index (κ1) is 18.4. The van der Waals surface area contributed by atoms with Crippen molar-refractivity contribution in [2.24, 2.45) is 0 Å². The minimum atomic E-state index is -0.349. The summed E-state index contributed by atoms with van der Waals surface area (Å²) in [6, 6.07) is 1.98. The Morgan fingerprint density at radius 1 is 1.42 bits per heavy atom. The Labute approximate surface area is 155 Å². The molecule has 3 rings (SSSR count). The summed E-state index contributed by atoms with van der Waals surface area (Å²) in [7, 11) is 0. The fourth-order valence-corrected chi connectivity index (χ4v) is 3.68. The number of alkyl carbamates (subject to hydrolysis) is 1. The predicted molar refractivity (Wildman–Crippen MR) is 98.2 cm³/mol. The van der Waals surface area contributed by atoms with Crippen molar-refractivity contribution >= 4 is 29.2 Å². The average molecular weight is 377 g/mol. The highest BCUT2D eigenvalue weighted by molar-refractivity contribution is 7.09. The van der Waals surface area contributed by atoms with Crippen LogP contribution in [0.15, 0.2) is 17.8 Å². The Morgan fingerprint density at radius 2 is 2.31 bits per heavy atom. The number of carbonyl (C=O) groups is 2. The number of hydrogen-bond acceptors (Lipinski definition) is 6. The third-order valence-corrected chi connectivity index (χ3v) is 5.09. The van der Waals surface area contributed by atoms with E-state index in [1.807, 2.05) is 13.0 Å². The number of thiazole rings is 1. The number of carbonyl (C=O) groups excluding carboxylic acids is 2. The number of ether oxygens (including phenoxy) is 1. The number of nitrogens with one attached hydrogen (secondary N) is 3. The van der Waals surface area contributed by atoms with E-state index in [0.29, 0.717) is 18.8 Å². The number of rotatable bonds is 7. The van der Waals surface area contributed by atoms with Gasteiger partial charge in [-0.25, -0.2) is 4.79 Å². The van der Waals surface area contributed by atoms with Gasteiger partial charge in [0.25, 0.3) is 0 Å². The third kappa shape index (κ3) is 5.04. The Morgan fingerprint density at radius 3 is 3.08 bits per heavy atom. The number of aromatic nitrogens is 3. The summed E-state index contributed by atoms with van der Waals surface area (Å²) in [6.45, 7) is 2.40. The minimum Gasteiger partial charge on any atom is -0.450 e. The van der Waals surface area contributed by atoms with Crippen LogP contribution in [-0.4, -0.2) is 39.8 Å². The largest absolute Gasteiger partial charge is 0.450 e. The van der Waals surface area contributed by atoms with Crippen molar-refractivity contribution in [3.05, 3.63) is 28.3 Å². The smallest absolute Gasteiger partial charge is 0.407 e. The van der Waals surface area contributed by atoms with Crippen molar-refractivity contribution in [1.29, 1.82) is 0 Å². The number of nitrogens with zero attached hydrogens (tertiary/aromatic N) is 2. The highest BCUT2D eigenvalue weighted by atomic mass is 32.1. The summed E-state index contributed by atoms with van der Waals surface area (Å²) >= 11 is 1.45. The van der Waals surface area contributed by atoms with E-state index < -0.39 is 0 Å². The number of anilines is 1. The third-order valence-electron chi connectivity index (χ3n) is 4.32. The van der Waals surface area contributed by atoms with E-state index in [0.717, 1.165) is 36.3 Å². The molecule has 0 spiro atoms. The zero-order chi connectivity index (χ0) is 18.4. The lowest BCUT2D eigenvalue weighted by molar-refractivity contribution is -0.115. The van der Waals surface area contributed by atoms with Crippen molar-refractivity contribution in [2.75, 3.05) is 11.9 Å². The Bertz CT molecular complexity index is 731. The normalized spacial score (nSPS) is 19.3. The molecule has 0 aromatic carbocycles. The van der Waals surface area contributed by atoms with E-state index in [1.54, 1.807) is 11.7 Å². The van der Waals surface area contributed by atoms with E-state index in [1.165, 1.54) is 11.3 Å². The van der Waals surface area contributed by atoms with Crippen molar-refractivity contribution in [3.63, 3.8) is 0 Å². The molecule has 3 N–H and O–H groups in total. The summed E-state index contributed by atoms with van der Waals surface area (Å²) in [5.74, 6) is 0.691. The standard InChI is InChI=1S/C17H23N5O3S/c1-2-5-25-17(24)19-12-4-3-11(6-12)14-8-15(22-21-14)20-16(23)7-13-9-18-10-26-13/h8-12H,2-7H2,1H3,(H,19,24)(H2,20,21,22,23)/t11-,12+/m0/s1. The van der Waals surface area contributed by atoms with Crippen LogP contribution in [0.1, 0.15) is 49.1 Å². The Kier molecular flexibility index (Phi) is 6.21. The first-order valence-corrected chi connectivity index (χ1v) is 9.67. The minimum absolute atomic E-state index is 0.108. The average Bonchev–Trinajstić information content (AvgIpc) is 3.35. The van der Waals surface area contributed by atoms with Gasteiger partial charge in [0, 0.05) is 34.8 Å². The molecule has 2 amide bonds. The van der Waals surface area contributed by atoms with Crippen LogP contribution < -0.4 is 10.6 Å². The molecule has 0 aliphatic heterocycles. The fourth-order valence-electron chi connectivity index (χ4n) is 3.08. The first-order valence-electron chi connectivity index (χ1n) is 8.80. The number of aromatic amines is 1. The molecular weight excluding hydrogens is 354 g/mol. The molecule has 140 valence electrons. The first-order chi connectivity index (χ1) is 12.6. The van der Waals surface area contributed by atoms with E-state index in [9.17, 15) is 9.59 Å². The van der Waals surface area contributed by atoms with Crippen molar-refractivity contribution in [2.45, 2.75) is 51.0 Å². The zero-order valence-corrected chi connectivity index (χ0v) is 15.5. The molecule has 1 fully saturated rings. The SMILES string of the molecule is CCCOC(=O)N[C@@H]1CC[C@H](c2cc(NC(=O)Cc3cncs3)n[nH]2)C1. The predicted octanol–water partition coefficient (Wildman–Crippen LogP) is 2.82. The zero-order valence-electron chi connectivity index (χ0n) is 14.7. The van der Waals surface area contributed by atoms with Crippen molar-refractivity contribution < 1.29 is 14.3 Å². The maximum absolute atomic E-state index is 12.0. The second-order valence-corrected chi connectivity index (χ2v) is 7.36. The van der Waals surface area contributed by atoms with Gasteiger partial charge in [-0.1, -0.05) is 6.92 Å². The van der Waals surface area contributed by atoms with Crippen LogP contribution in [0.4, 0.5) is 10.6 Å². The van der Waals surface area contributed by atoms with E-state index >= 15 is 0 Å². The molecule has 8 nitrogen and oxygen atoms in total. The van der Waals surface area contributed by atoms with Gasteiger partial charge >= 0.3 is 6.09 Å². The van der Waals surface area contributed by atoms with E-state index in [-0.39, 0.29) is 24.0 Å². The van der Waals surface area contributed by atoms with Crippen LogP contribution in [0.3, 0.4) is 0 Å². The summed E-state index contributed by atoms with van der Waals surface area (Å²) < 4.78 is 5.06. The van der Waals surface area contributed by atoms with Gasteiger partial charge in [0.2, 0.25) is 5.91 Å². The second-order valence-electron chi connectivity index (χ2n) is 6.39. The van der Waals surface area contributed by atoms with Gasteiger partial charge in [0.15, 0.2) is 5.82 Å². The maximum atomic E-state index is 12.0. The van der Waals surface area contributed by atoms with Gasteiger partial charge in [-0.15, -0.1) is 11.3 Å². The number of hydrogen-bond donors (Lipinski definition) is 3. The molecule has 1 saturated carbocycles. The Hall–Kier alpha value is -2.42. The molecule has 1 aliphatic rings. The molecule has 2 heterocycles. The molecule has 2 aromatic rings. The Balaban J connectivity index is 1.47. The van der Waals surface area contributed by atoms with Crippen LogP contribution in [0.25, 0.3) is 0 Å². The van der Waals surface area contributed by atoms with Gasteiger partial charge in [-0.05, 0) is 25.7 Å². The van der Waals surface area contributed by atoms with Crippen LogP contribution in [0, 0.1) is 0 Å². The summed E-state index contributed by atoms with van der Waals surface area (Å²) in [5, 5.41) is 12.9. The van der Waals surface area contributed by atoms with Crippen LogP contribution in [-0.2, 0) is 16.0 Å². The molecule has 9 heteroatoms. The van der Waals surface area contributed by atoms with Crippen LogP contribution >= 0.6 is 11.3 Å². The summed E-state index contributed by atoms with van der Waals surface area (Å²) in [6.07, 6.45) is 5.13. The number of H-pyrrole nitrogens is 1. The fraction of sp³-hybridized carbons (Fsp3) is 0.529. The molecule has 0 radical (unpaired) electrons. The lowest BCUT2D eigenvalue weighted by Gasteiger charge is -2.12. The van der Waals surface area contributed by atoms with Crippen molar-refractivity contribution in [3.8, 4) is 0 Å². The topological polar surface area (TPSA) is 109 Å². The van der Waals surface area contributed by atoms with E-state index in [2.05, 4.69) is 25.8 Å². The van der Waals surface area contributed by atoms with Crippen LogP contribution in [0.2, 0.25) is 0 Å². The monoisotopic (exact) mass is 377 g/mol. The number of amides is 2. The van der Waals surface area contributed by atoms with Gasteiger partial charge in [-0.2, -0.15) is 5.10 Å². The molecule has 0 saturated heterocycles. The quantitative estimate of drug-likeness (QED) is 0.687. The molecule has 2 atom stereocenters. The van der Waals surface area contributed by atoms with Gasteiger partial charge in [-0.3, -0.25) is 14.9 Å². The molecule has 26 heavy (non-hydrogen) atoms. The summed E-state index contributed by atoms with van der Waals surface area (Å²) in [4.78, 5) is 28.6. The van der Waals surface area contributed by atoms with E-state index in [4.69, 9.17) is 4.74 Å². The van der Waals surface area contributed by atoms with Crippen LogP contribution in [0.5, 0.6) is 0 Å². The highest BCUT2D eigenvalue weighted by Gasteiger charge is 2.28. The molecular formula is C17H23N5O3S. The molecule has 2 aromatic heterocycles. The van der Waals surface area contributed by atoms with Gasteiger partial charge in [0.1, 0.15) is 0 Å². The summed E-state index contributed by atoms with van der Waals surface area (Å²) in [5.41, 5.74) is 2.68. The van der Waals surface area contributed by atoms with Crippen molar-refractivity contribution in [1.82, 2.24) is 20.5 Å².